The number of ether oxygens (including phenoxy) is 1. The van der Waals surface area contributed by atoms with E-state index in [1.807, 2.05) is 48.5 Å². The number of aliphatic hydroxyl groups excluding tert-OH is 1. The molecule has 0 unspecified atom stereocenters. The Bertz CT molecular complexity index is 631. The monoisotopic (exact) mass is 294 g/mol. The van der Waals surface area contributed by atoms with Crippen molar-refractivity contribution in [2.24, 2.45) is 5.92 Å². The minimum absolute atomic E-state index is 0.0244. The largest absolute Gasteiger partial charge is 0.497 e. The molecule has 2 atom stereocenters. The first kappa shape index (κ1) is 14.9. The second-order valence-corrected chi connectivity index (χ2v) is 5.81. The van der Waals surface area contributed by atoms with Gasteiger partial charge in [-0.15, -0.1) is 0 Å². The maximum absolute atomic E-state index is 10.8. The van der Waals surface area contributed by atoms with Crippen LogP contribution >= 0.6 is 0 Å². The highest BCUT2D eigenvalue weighted by Crippen LogP contribution is 2.38. The number of benzene rings is 2. The SMILES string of the molecule is C/C(=C1\OCCC[C@@H]1[C@H](O)c1ccccc1)c1ccccc1. The molecule has 1 heterocycles. The zero-order valence-electron chi connectivity index (χ0n) is 12.9. The molecule has 114 valence electrons. The summed E-state index contributed by atoms with van der Waals surface area (Å²) in [6, 6.07) is 20.1. The van der Waals surface area contributed by atoms with Gasteiger partial charge in [0.05, 0.1) is 12.7 Å². The molecule has 1 fully saturated rings. The zero-order valence-corrected chi connectivity index (χ0v) is 12.9. The van der Waals surface area contributed by atoms with Crippen LogP contribution < -0.4 is 0 Å². The van der Waals surface area contributed by atoms with Crippen molar-refractivity contribution in [3.05, 3.63) is 77.5 Å². The van der Waals surface area contributed by atoms with Gasteiger partial charge in [-0.3, -0.25) is 0 Å². The molecule has 0 amide bonds. The Morgan fingerprint density at radius 3 is 2.36 bits per heavy atom. The van der Waals surface area contributed by atoms with Crippen LogP contribution in [0.15, 0.2) is 66.4 Å². The van der Waals surface area contributed by atoms with Gasteiger partial charge in [-0.1, -0.05) is 60.7 Å². The second-order valence-electron chi connectivity index (χ2n) is 5.81. The van der Waals surface area contributed by atoms with Crippen LogP contribution in [0.1, 0.15) is 37.0 Å². The van der Waals surface area contributed by atoms with E-state index in [-0.39, 0.29) is 5.92 Å². The van der Waals surface area contributed by atoms with Crippen LogP contribution in [-0.4, -0.2) is 11.7 Å². The predicted molar refractivity (Wildman–Crippen MR) is 89.1 cm³/mol. The van der Waals surface area contributed by atoms with Crippen molar-refractivity contribution in [2.45, 2.75) is 25.9 Å². The van der Waals surface area contributed by atoms with E-state index < -0.39 is 6.10 Å². The van der Waals surface area contributed by atoms with Gasteiger partial charge in [0.15, 0.2) is 0 Å². The third-order valence-electron chi connectivity index (χ3n) is 4.35. The van der Waals surface area contributed by atoms with Crippen LogP contribution in [0, 0.1) is 5.92 Å². The molecule has 0 saturated carbocycles. The summed E-state index contributed by atoms with van der Waals surface area (Å²) in [5, 5.41) is 10.8. The Kier molecular flexibility index (Phi) is 4.59. The lowest BCUT2D eigenvalue weighted by molar-refractivity contribution is 0.0425. The van der Waals surface area contributed by atoms with E-state index in [4.69, 9.17) is 4.74 Å². The van der Waals surface area contributed by atoms with Crippen molar-refractivity contribution in [3.63, 3.8) is 0 Å². The van der Waals surface area contributed by atoms with Gasteiger partial charge in [0.2, 0.25) is 0 Å². The van der Waals surface area contributed by atoms with Crippen molar-refractivity contribution in [3.8, 4) is 0 Å². The van der Waals surface area contributed by atoms with Crippen LogP contribution in [0.3, 0.4) is 0 Å². The van der Waals surface area contributed by atoms with Crippen LogP contribution in [0.4, 0.5) is 0 Å². The third kappa shape index (κ3) is 3.07. The molecule has 1 saturated heterocycles. The summed E-state index contributed by atoms with van der Waals surface area (Å²) in [6.07, 6.45) is 1.42. The molecule has 22 heavy (non-hydrogen) atoms. The number of aliphatic hydroxyl groups is 1. The minimum atomic E-state index is -0.518. The fourth-order valence-corrected chi connectivity index (χ4v) is 3.12. The molecule has 0 radical (unpaired) electrons. The molecule has 0 aliphatic carbocycles. The second kappa shape index (κ2) is 6.80. The molecule has 2 aromatic rings. The fraction of sp³-hybridized carbons (Fsp3) is 0.300. The fourth-order valence-electron chi connectivity index (χ4n) is 3.12. The summed E-state index contributed by atoms with van der Waals surface area (Å²) in [7, 11) is 0. The van der Waals surface area contributed by atoms with Gasteiger partial charge in [0, 0.05) is 5.92 Å². The van der Waals surface area contributed by atoms with Crippen molar-refractivity contribution in [2.75, 3.05) is 6.61 Å². The number of rotatable bonds is 3. The maximum atomic E-state index is 10.8. The first-order chi connectivity index (χ1) is 10.8. The van der Waals surface area contributed by atoms with Crippen LogP contribution in [0.25, 0.3) is 5.57 Å². The molecule has 1 aliphatic rings. The first-order valence-corrected chi connectivity index (χ1v) is 7.89. The Labute approximate surface area is 132 Å². The van der Waals surface area contributed by atoms with Gasteiger partial charge in [0.1, 0.15) is 5.76 Å². The number of hydrogen-bond donors (Lipinski definition) is 1. The topological polar surface area (TPSA) is 29.5 Å². The van der Waals surface area contributed by atoms with Crippen molar-refractivity contribution in [1.29, 1.82) is 0 Å². The van der Waals surface area contributed by atoms with E-state index >= 15 is 0 Å². The lowest BCUT2D eigenvalue weighted by Gasteiger charge is -2.31. The summed E-state index contributed by atoms with van der Waals surface area (Å²) in [5.74, 6) is 0.963. The van der Waals surface area contributed by atoms with Gasteiger partial charge in [0.25, 0.3) is 0 Å². The summed E-state index contributed by atoms with van der Waals surface area (Å²) in [5.41, 5.74) is 3.24. The van der Waals surface area contributed by atoms with Crippen molar-refractivity contribution >= 4 is 5.57 Å². The standard InChI is InChI=1S/C20H22O2/c1-15(16-9-4-2-5-10-16)20-18(13-8-14-22-20)19(21)17-11-6-3-7-12-17/h2-7,9-12,18-19,21H,8,13-14H2,1H3/b20-15+/t18-,19-/m1/s1. The number of hydrogen-bond acceptors (Lipinski definition) is 2. The smallest absolute Gasteiger partial charge is 0.105 e. The Morgan fingerprint density at radius 2 is 1.68 bits per heavy atom. The van der Waals surface area contributed by atoms with E-state index in [0.29, 0.717) is 0 Å². The predicted octanol–water partition coefficient (Wildman–Crippen LogP) is 4.58. The van der Waals surface area contributed by atoms with E-state index in [1.165, 1.54) is 0 Å². The lowest BCUT2D eigenvalue weighted by atomic mass is 9.85. The summed E-state index contributed by atoms with van der Waals surface area (Å²) >= 11 is 0. The van der Waals surface area contributed by atoms with E-state index in [2.05, 4.69) is 19.1 Å². The molecule has 2 heteroatoms. The average Bonchev–Trinajstić information content (AvgIpc) is 2.62. The Hall–Kier alpha value is -2.06. The minimum Gasteiger partial charge on any atom is -0.497 e. The van der Waals surface area contributed by atoms with Gasteiger partial charge in [-0.25, -0.2) is 0 Å². The van der Waals surface area contributed by atoms with Gasteiger partial charge in [-0.2, -0.15) is 0 Å². The highest BCUT2D eigenvalue weighted by molar-refractivity contribution is 5.66. The highest BCUT2D eigenvalue weighted by Gasteiger charge is 2.30. The molecule has 3 rings (SSSR count). The molecule has 2 aromatic carbocycles. The Morgan fingerprint density at radius 1 is 1.05 bits per heavy atom. The molecular formula is C20H22O2. The van der Waals surface area contributed by atoms with Crippen LogP contribution in [0.2, 0.25) is 0 Å². The highest BCUT2D eigenvalue weighted by atomic mass is 16.5. The van der Waals surface area contributed by atoms with Gasteiger partial charge < -0.3 is 9.84 Å². The van der Waals surface area contributed by atoms with E-state index in [9.17, 15) is 5.11 Å². The van der Waals surface area contributed by atoms with Gasteiger partial charge in [-0.05, 0) is 36.5 Å². The Balaban J connectivity index is 1.95. The van der Waals surface area contributed by atoms with Gasteiger partial charge >= 0.3 is 0 Å². The quantitative estimate of drug-likeness (QED) is 0.898. The molecule has 0 spiro atoms. The maximum Gasteiger partial charge on any atom is 0.105 e. The summed E-state index contributed by atoms with van der Waals surface area (Å²) < 4.78 is 5.97. The average molecular weight is 294 g/mol. The summed E-state index contributed by atoms with van der Waals surface area (Å²) in [4.78, 5) is 0. The zero-order chi connectivity index (χ0) is 15.4. The lowest BCUT2D eigenvalue weighted by Crippen LogP contribution is -2.23. The molecular weight excluding hydrogens is 272 g/mol. The number of allylic oxidation sites excluding steroid dienone is 1. The third-order valence-corrected chi connectivity index (χ3v) is 4.35. The van der Waals surface area contributed by atoms with Crippen molar-refractivity contribution in [1.82, 2.24) is 0 Å². The van der Waals surface area contributed by atoms with Crippen LogP contribution in [0.5, 0.6) is 0 Å². The summed E-state index contributed by atoms with van der Waals surface area (Å²) in [6.45, 7) is 2.82. The van der Waals surface area contributed by atoms with E-state index in [0.717, 1.165) is 41.9 Å². The molecule has 1 aliphatic heterocycles. The normalized spacial score (nSPS) is 21.8. The van der Waals surface area contributed by atoms with Crippen LogP contribution in [-0.2, 0) is 4.74 Å². The van der Waals surface area contributed by atoms with E-state index in [1.54, 1.807) is 0 Å². The molecule has 0 aromatic heterocycles. The van der Waals surface area contributed by atoms with Crippen molar-refractivity contribution < 1.29 is 9.84 Å². The molecule has 0 bridgehead atoms. The molecule has 2 nitrogen and oxygen atoms in total. The first-order valence-electron chi connectivity index (χ1n) is 7.89. The molecule has 1 N–H and O–H groups in total.